The van der Waals surface area contributed by atoms with E-state index in [4.69, 9.17) is 4.42 Å². The summed E-state index contributed by atoms with van der Waals surface area (Å²) in [4.78, 5) is 8.42. The summed E-state index contributed by atoms with van der Waals surface area (Å²) < 4.78 is 70.2. The number of oxazole rings is 1. The van der Waals surface area contributed by atoms with E-state index in [1.165, 1.54) is 32.3 Å². The molecule has 1 aliphatic rings. The zero-order valence-corrected chi connectivity index (χ0v) is 17.0. The summed E-state index contributed by atoms with van der Waals surface area (Å²) in [5.41, 5.74) is -3.13. The Morgan fingerprint density at radius 1 is 1.21 bits per heavy atom. The average Bonchev–Trinajstić information content (AvgIpc) is 3.39. The van der Waals surface area contributed by atoms with E-state index in [1.807, 2.05) is 0 Å². The van der Waals surface area contributed by atoms with Gasteiger partial charge in [-0.2, -0.15) is 13.2 Å². The number of hydrogen-bond donors (Lipinski definition) is 0. The zero-order valence-electron chi connectivity index (χ0n) is 15.4. The van der Waals surface area contributed by atoms with E-state index in [-0.39, 0.29) is 44.2 Å². The SMILES string of the molecule is CN(C)S(=O)(=O)c1cc(C2CC2)cnc1-c1nc2cc(SC(F)(F)F)ccc2o1. The third-order valence-corrected chi connectivity index (χ3v) is 7.03. The molecule has 6 nitrogen and oxygen atoms in total. The van der Waals surface area contributed by atoms with E-state index in [0.29, 0.717) is 5.92 Å². The highest BCUT2D eigenvalue weighted by Crippen LogP contribution is 2.42. The highest BCUT2D eigenvalue weighted by molar-refractivity contribution is 8.00. The standard InChI is InChI=1S/C18H16F3N3O3S2/c1-24(2)29(25,26)15-7-11(10-3-4-10)9-22-16(15)17-23-13-8-12(28-18(19,20)21)5-6-14(13)27-17/h5-10H,3-4H2,1-2H3. The molecular weight excluding hydrogens is 427 g/mol. The van der Waals surface area contributed by atoms with Crippen LogP contribution < -0.4 is 0 Å². The number of sulfonamides is 1. The van der Waals surface area contributed by atoms with Crippen molar-refractivity contribution in [3.05, 3.63) is 36.0 Å². The first kappa shape index (κ1) is 20.2. The summed E-state index contributed by atoms with van der Waals surface area (Å²) in [6, 6.07) is 5.48. The van der Waals surface area contributed by atoms with Gasteiger partial charge in [0.1, 0.15) is 16.1 Å². The van der Waals surface area contributed by atoms with Crippen molar-refractivity contribution in [2.45, 2.75) is 34.1 Å². The molecule has 11 heteroatoms. The number of benzene rings is 1. The average molecular weight is 443 g/mol. The molecule has 0 spiro atoms. The second-order valence-electron chi connectivity index (χ2n) is 6.87. The van der Waals surface area contributed by atoms with Crippen molar-refractivity contribution in [1.82, 2.24) is 14.3 Å². The van der Waals surface area contributed by atoms with Gasteiger partial charge in [-0.3, -0.25) is 0 Å². The van der Waals surface area contributed by atoms with Gasteiger partial charge in [-0.1, -0.05) is 0 Å². The summed E-state index contributed by atoms with van der Waals surface area (Å²) in [5, 5.41) is 0. The monoisotopic (exact) mass is 443 g/mol. The first-order valence-corrected chi connectivity index (χ1v) is 10.9. The normalized spacial score (nSPS) is 15.4. The zero-order chi connectivity index (χ0) is 21.0. The summed E-state index contributed by atoms with van der Waals surface area (Å²) in [6.07, 6.45) is 3.55. The van der Waals surface area contributed by atoms with Crippen molar-refractivity contribution in [2.24, 2.45) is 0 Å². The Kier molecular flexibility index (Phi) is 4.87. The van der Waals surface area contributed by atoms with Crippen molar-refractivity contribution in [3.63, 3.8) is 0 Å². The largest absolute Gasteiger partial charge is 0.446 e. The van der Waals surface area contributed by atoms with Gasteiger partial charge in [0.25, 0.3) is 0 Å². The summed E-state index contributed by atoms with van der Waals surface area (Å²) in [6.45, 7) is 0. The van der Waals surface area contributed by atoms with E-state index in [2.05, 4.69) is 9.97 Å². The van der Waals surface area contributed by atoms with Crippen molar-refractivity contribution in [1.29, 1.82) is 0 Å². The quantitative estimate of drug-likeness (QED) is 0.535. The molecule has 0 N–H and O–H groups in total. The molecule has 1 aliphatic carbocycles. The maximum Gasteiger partial charge on any atom is 0.446 e. The summed E-state index contributed by atoms with van der Waals surface area (Å²) in [5.74, 6) is 0.232. The number of thioether (sulfide) groups is 1. The Hall–Kier alpha value is -2.11. The topological polar surface area (TPSA) is 76.3 Å². The van der Waals surface area contributed by atoms with E-state index < -0.39 is 15.5 Å². The molecule has 0 amide bonds. The van der Waals surface area contributed by atoms with Crippen molar-refractivity contribution >= 4 is 32.9 Å². The van der Waals surface area contributed by atoms with E-state index >= 15 is 0 Å². The van der Waals surface area contributed by atoms with Crippen LogP contribution in [0.25, 0.3) is 22.7 Å². The molecule has 1 fully saturated rings. The van der Waals surface area contributed by atoms with E-state index in [0.717, 1.165) is 22.7 Å². The highest BCUT2D eigenvalue weighted by atomic mass is 32.2. The molecule has 0 aliphatic heterocycles. The molecule has 4 rings (SSSR count). The van der Waals surface area contributed by atoms with Crippen LogP contribution in [-0.4, -0.2) is 42.3 Å². The van der Waals surface area contributed by atoms with Crippen LogP contribution in [0.3, 0.4) is 0 Å². The van der Waals surface area contributed by atoms with Gasteiger partial charge in [0.2, 0.25) is 15.9 Å². The molecule has 2 heterocycles. The van der Waals surface area contributed by atoms with Gasteiger partial charge in [-0.05, 0) is 60.4 Å². The van der Waals surface area contributed by atoms with Gasteiger partial charge in [0.15, 0.2) is 5.58 Å². The van der Waals surface area contributed by atoms with Gasteiger partial charge in [-0.25, -0.2) is 22.7 Å². The summed E-state index contributed by atoms with van der Waals surface area (Å²) in [7, 11) is -1.01. The van der Waals surface area contributed by atoms with Gasteiger partial charge in [0.05, 0.1) is 0 Å². The first-order chi connectivity index (χ1) is 13.5. The molecule has 2 aromatic heterocycles. The summed E-state index contributed by atoms with van der Waals surface area (Å²) >= 11 is -0.256. The van der Waals surface area contributed by atoms with Crippen molar-refractivity contribution in [3.8, 4) is 11.6 Å². The lowest BCUT2D eigenvalue weighted by atomic mass is 10.2. The highest BCUT2D eigenvalue weighted by Gasteiger charge is 2.31. The van der Waals surface area contributed by atoms with Crippen molar-refractivity contribution in [2.75, 3.05) is 14.1 Å². The molecule has 0 bridgehead atoms. The molecule has 1 saturated carbocycles. The smallest absolute Gasteiger partial charge is 0.435 e. The molecule has 0 unspecified atom stereocenters. The maximum atomic E-state index is 12.8. The third-order valence-electron chi connectivity index (χ3n) is 4.48. The number of alkyl halides is 3. The minimum atomic E-state index is -4.42. The van der Waals surface area contributed by atoms with Crippen molar-refractivity contribution < 1.29 is 26.0 Å². The number of nitrogens with zero attached hydrogens (tertiary/aromatic N) is 3. The fourth-order valence-corrected chi connectivity index (χ4v) is 4.50. The Morgan fingerprint density at radius 3 is 2.55 bits per heavy atom. The predicted molar refractivity (Wildman–Crippen MR) is 102 cm³/mol. The minimum absolute atomic E-state index is 0.0318. The lowest BCUT2D eigenvalue weighted by Gasteiger charge is -2.14. The minimum Gasteiger partial charge on any atom is -0.435 e. The Bertz CT molecular complexity index is 1190. The third kappa shape index (κ3) is 4.12. The van der Waals surface area contributed by atoms with Gasteiger partial charge < -0.3 is 4.42 Å². The molecule has 0 radical (unpaired) electrons. The van der Waals surface area contributed by atoms with Gasteiger partial charge >= 0.3 is 5.51 Å². The second kappa shape index (κ2) is 6.99. The fraction of sp³-hybridized carbons (Fsp3) is 0.333. The number of fused-ring (bicyclic) bond motifs is 1. The predicted octanol–water partition coefficient (Wildman–Crippen LogP) is 4.63. The van der Waals surface area contributed by atoms with E-state index in [1.54, 1.807) is 12.3 Å². The van der Waals surface area contributed by atoms with E-state index in [9.17, 15) is 21.6 Å². The number of aromatic nitrogens is 2. The lowest BCUT2D eigenvalue weighted by Crippen LogP contribution is -2.23. The molecule has 0 atom stereocenters. The van der Waals surface area contributed by atoms with Gasteiger partial charge in [0, 0.05) is 25.2 Å². The van der Waals surface area contributed by atoms with Gasteiger partial charge in [-0.15, -0.1) is 0 Å². The van der Waals surface area contributed by atoms with Crippen LogP contribution >= 0.6 is 11.8 Å². The van der Waals surface area contributed by atoms with Crippen LogP contribution in [-0.2, 0) is 10.0 Å². The molecule has 154 valence electrons. The number of halogens is 3. The Morgan fingerprint density at radius 2 is 1.93 bits per heavy atom. The number of pyridine rings is 1. The molecule has 1 aromatic carbocycles. The molecule has 0 saturated heterocycles. The molecular formula is C18H16F3N3O3S2. The Labute approximate surface area is 169 Å². The molecule has 29 heavy (non-hydrogen) atoms. The number of hydrogen-bond acceptors (Lipinski definition) is 6. The Balaban J connectivity index is 1.82. The van der Waals surface area contributed by atoms with Crippen LogP contribution in [0.2, 0.25) is 0 Å². The lowest BCUT2D eigenvalue weighted by molar-refractivity contribution is -0.0328. The molecule has 3 aromatic rings. The number of rotatable bonds is 5. The van der Waals surface area contributed by atoms with Crippen LogP contribution in [0.5, 0.6) is 0 Å². The van der Waals surface area contributed by atoms with Crippen LogP contribution in [0.4, 0.5) is 13.2 Å². The van der Waals surface area contributed by atoms with Crippen LogP contribution in [0.1, 0.15) is 24.3 Å². The first-order valence-electron chi connectivity index (χ1n) is 8.64. The second-order valence-corrected chi connectivity index (χ2v) is 10.1. The van der Waals surface area contributed by atoms with Crippen LogP contribution in [0.15, 0.2) is 44.7 Å². The maximum absolute atomic E-state index is 12.8. The van der Waals surface area contributed by atoms with Crippen LogP contribution in [0, 0.1) is 0 Å². The fourth-order valence-electron chi connectivity index (χ4n) is 2.86.